The van der Waals surface area contributed by atoms with E-state index >= 15 is 0 Å². The highest BCUT2D eigenvalue weighted by Gasteiger charge is 2.33. The molecular formula is C34H31FN6O3S2. The summed E-state index contributed by atoms with van der Waals surface area (Å²) in [7, 11) is 0. The summed E-state index contributed by atoms with van der Waals surface area (Å²) in [6.45, 7) is 4.51. The lowest BCUT2D eigenvalue weighted by Crippen LogP contribution is -2.28. The maximum absolute atomic E-state index is 13.8. The number of aryl methyl sites for hydroxylation is 1. The van der Waals surface area contributed by atoms with Gasteiger partial charge in [0.05, 0.1) is 35.5 Å². The van der Waals surface area contributed by atoms with E-state index in [1.165, 1.54) is 36.0 Å². The maximum atomic E-state index is 13.8. The molecule has 0 spiro atoms. The number of carbonyl (C=O) groups excluding carboxylic acids is 2. The molecule has 5 aromatic rings. The first-order chi connectivity index (χ1) is 22.4. The third kappa shape index (κ3) is 7.03. The molecule has 0 unspecified atom stereocenters. The van der Waals surface area contributed by atoms with Crippen molar-refractivity contribution in [3.05, 3.63) is 124 Å². The Kier molecular flexibility index (Phi) is 9.55. The first-order valence-corrected chi connectivity index (χ1v) is 16.6. The van der Waals surface area contributed by atoms with E-state index in [2.05, 4.69) is 15.5 Å². The fourth-order valence-electron chi connectivity index (χ4n) is 5.09. The number of carbonyl (C=O) groups is 2. The van der Waals surface area contributed by atoms with Crippen LogP contribution in [0.3, 0.4) is 0 Å². The number of rotatable bonds is 11. The highest BCUT2D eigenvalue weighted by Crippen LogP contribution is 2.35. The molecule has 12 heteroatoms. The normalized spacial score (nSPS) is 14.3. The number of benzene rings is 3. The minimum Gasteiger partial charge on any atom is -0.494 e. The summed E-state index contributed by atoms with van der Waals surface area (Å²) in [5.74, 6) is 0.114. The Morgan fingerprint density at radius 2 is 1.85 bits per heavy atom. The van der Waals surface area contributed by atoms with E-state index in [1.54, 1.807) is 20.9 Å². The number of halogens is 1. The molecule has 9 nitrogen and oxygen atoms in total. The summed E-state index contributed by atoms with van der Waals surface area (Å²) in [6, 6.07) is 24.9. The average molecular weight is 655 g/mol. The molecular weight excluding hydrogens is 624 g/mol. The predicted molar refractivity (Wildman–Crippen MR) is 177 cm³/mol. The summed E-state index contributed by atoms with van der Waals surface area (Å²) in [5, 5.41) is 20.4. The number of ether oxygens (including phenoxy) is 1. The van der Waals surface area contributed by atoms with Gasteiger partial charge in [-0.15, -0.1) is 21.5 Å². The second kappa shape index (κ2) is 14.1. The summed E-state index contributed by atoms with van der Waals surface area (Å²) in [6.07, 6.45) is 0.623. The third-order valence-electron chi connectivity index (χ3n) is 7.36. The summed E-state index contributed by atoms with van der Waals surface area (Å²) in [4.78, 5) is 27.6. The van der Waals surface area contributed by atoms with Crippen LogP contribution in [0.4, 0.5) is 4.39 Å². The number of amides is 2. The van der Waals surface area contributed by atoms with Crippen molar-refractivity contribution >= 4 is 40.6 Å². The van der Waals surface area contributed by atoms with E-state index in [1.807, 2.05) is 79.9 Å². The zero-order chi connectivity index (χ0) is 32.0. The first kappa shape index (κ1) is 31.2. The minimum absolute atomic E-state index is 0.0279. The SMILES string of the molecule is CCOc1ccc(-n2c(CNC(=O)c3cccc(F)c3)nnc2SCC(=O)N2N=C(c3cccs3)C[C@@H]2c2ccc(C)cc2)cc1. The van der Waals surface area contributed by atoms with E-state index in [-0.39, 0.29) is 29.8 Å². The zero-order valence-electron chi connectivity index (χ0n) is 25.2. The van der Waals surface area contributed by atoms with Crippen molar-refractivity contribution in [1.29, 1.82) is 0 Å². The lowest BCUT2D eigenvalue weighted by molar-refractivity contribution is -0.130. The molecule has 0 radical (unpaired) electrons. The Hall–Kier alpha value is -4.81. The van der Waals surface area contributed by atoms with Gasteiger partial charge in [-0.1, -0.05) is 53.7 Å². The molecule has 0 aliphatic carbocycles. The molecule has 234 valence electrons. The average Bonchev–Trinajstić information content (AvgIpc) is 3.84. The molecule has 3 heterocycles. The van der Waals surface area contributed by atoms with Gasteiger partial charge in [0.15, 0.2) is 11.0 Å². The highest BCUT2D eigenvalue weighted by atomic mass is 32.2. The van der Waals surface area contributed by atoms with E-state index in [4.69, 9.17) is 9.84 Å². The predicted octanol–water partition coefficient (Wildman–Crippen LogP) is 6.58. The van der Waals surface area contributed by atoms with Crippen molar-refractivity contribution in [3.63, 3.8) is 0 Å². The number of hydrogen-bond acceptors (Lipinski definition) is 8. The van der Waals surface area contributed by atoms with Crippen LogP contribution in [-0.2, 0) is 11.3 Å². The van der Waals surface area contributed by atoms with Crippen LogP contribution in [0.1, 0.15) is 51.6 Å². The monoisotopic (exact) mass is 654 g/mol. The fourth-order valence-corrected chi connectivity index (χ4v) is 6.63. The van der Waals surface area contributed by atoms with Gasteiger partial charge in [-0.3, -0.25) is 14.2 Å². The van der Waals surface area contributed by atoms with Gasteiger partial charge in [-0.25, -0.2) is 9.40 Å². The molecule has 1 aliphatic heterocycles. The summed E-state index contributed by atoms with van der Waals surface area (Å²) in [5.41, 5.74) is 3.98. The molecule has 1 aliphatic rings. The largest absolute Gasteiger partial charge is 0.494 e. The quantitative estimate of drug-likeness (QED) is 0.162. The van der Waals surface area contributed by atoms with Gasteiger partial charge < -0.3 is 10.1 Å². The van der Waals surface area contributed by atoms with Crippen LogP contribution in [0.2, 0.25) is 0 Å². The second-order valence-corrected chi connectivity index (χ2v) is 12.4. The molecule has 1 N–H and O–H groups in total. The van der Waals surface area contributed by atoms with Gasteiger partial charge >= 0.3 is 0 Å². The second-order valence-electron chi connectivity index (χ2n) is 10.5. The van der Waals surface area contributed by atoms with Crippen LogP contribution in [0.25, 0.3) is 5.69 Å². The third-order valence-corrected chi connectivity index (χ3v) is 9.19. The summed E-state index contributed by atoms with van der Waals surface area (Å²) < 4.78 is 21.1. The number of aromatic nitrogens is 3. The van der Waals surface area contributed by atoms with Crippen molar-refractivity contribution < 1.29 is 18.7 Å². The number of hydrazone groups is 1. The molecule has 3 aromatic carbocycles. The van der Waals surface area contributed by atoms with Crippen molar-refractivity contribution in [1.82, 2.24) is 25.1 Å². The molecule has 1 atom stereocenters. The van der Waals surface area contributed by atoms with E-state index < -0.39 is 11.7 Å². The molecule has 6 rings (SSSR count). The Bertz CT molecular complexity index is 1860. The van der Waals surface area contributed by atoms with Gasteiger partial charge in [-0.2, -0.15) is 5.10 Å². The van der Waals surface area contributed by atoms with E-state index in [0.717, 1.165) is 27.4 Å². The van der Waals surface area contributed by atoms with Gasteiger partial charge in [0.1, 0.15) is 11.6 Å². The van der Waals surface area contributed by atoms with Gasteiger partial charge in [-0.05, 0) is 73.3 Å². The van der Waals surface area contributed by atoms with Crippen molar-refractivity contribution in [3.8, 4) is 11.4 Å². The van der Waals surface area contributed by atoms with Crippen molar-refractivity contribution in [2.45, 2.75) is 38.0 Å². The van der Waals surface area contributed by atoms with Crippen LogP contribution in [-0.4, -0.2) is 49.7 Å². The number of thiophene rings is 1. The topological polar surface area (TPSA) is 102 Å². The number of nitrogens with zero attached hydrogens (tertiary/aromatic N) is 5. The Morgan fingerprint density at radius 1 is 1.04 bits per heavy atom. The van der Waals surface area contributed by atoms with Gasteiger partial charge in [0.2, 0.25) is 0 Å². The molecule has 0 saturated carbocycles. The number of thioether (sulfide) groups is 1. The van der Waals surface area contributed by atoms with E-state index in [9.17, 15) is 14.0 Å². The van der Waals surface area contributed by atoms with Gasteiger partial charge in [0.25, 0.3) is 11.8 Å². The standard InChI is InChI=1S/C34H31FN6O3S2/c1-3-44-27-15-13-26(14-16-27)40-31(20-36-33(43)24-6-4-7-25(35)18-24)37-38-34(40)46-21-32(42)41-29(23-11-9-22(2)10-12-23)19-28(39-41)30-8-5-17-45-30/h4-18,29H,3,19-21H2,1-2H3,(H,36,43)/t29-/m1/s1. The molecule has 0 fully saturated rings. The van der Waals surface area contributed by atoms with Crippen molar-refractivity contribution in [2.24, 2.45) is 5.10 Å². The minimum atomic E-state index is -0.497. The maximum Gasteiger partial charge on any atom is 0.253 e. The molecule has 0 saturated heterocycles. The molecule has 2 aromatic heterocycles. The van der Waals surface area contributed by atoms with Crippen LogP contribution in [0, 0.1) is 12.7 Å². The van der Waals surface area contributed by atoms with Crippen LogP contribution in [0.15, 0.2) is 101 Å². The van der Waals surface area contributed by atoms with Crippen LogP contribution in [0.5, 0.6) is 5.75 Å². The number of hydrogen-bond donors (Lipinski definition) is 1. The molecule has 46 heavy (non-hydrogen) atoms. The van der Waals surface area contributed by atoms with E-state index in [0.29, 0.717) is 29.8 Å². The van der Waals surface area contributed by atoms with Crippen LogP contribution < -0.4 is 10.1 Å². The number of nitrogens with one attached hydrogen (secondary N) is 1. The Morgan fingerprint density at radius 3 is 2.57 bits per heavy atom. The highest BCUT2D eigenvalue weighted by molar-refractivity contribution is 7.99. The smallest absolute Gasteiger partial charge is 0.253 e. The lowest BCUT2D eigenvalue weighted by Gasteiger charge is -2.22. The molecule has 2 amide bonds. The Labute approximate surface area is 274 Å². The Balaban J connectivity index is 1.24. The molecule has 0 bridgehead atoms. The van der Waals surface area contributed by atoms with Crippen LogP contribution >= 0.6 is 23.1 Å². The zero-order valence-corrected chi connectivity index (χ0v) is 26.9. The summed E-state index contributed by atoms with van der Waals surface area (Å²) >= 11 is 2.84. The van der Waals surface area contributed by atoms with Crippen molar-refractivity contribution in [2.75, 3.05) is 12.4 Å². The van der Waals surface area contributed by atoms with Gasteiger partial charge in [0, 0.05) is 17.7 Å². The fraction of sp³-hybridized carbons (Fsp3) is 0.206. The first-order valence-electron chi connectivity index (χ1n) is 14.7. The lowest BCUT2D eigenvalue weighted by atomic mass is 10.00.